The van der Waals surface area contributed by atoms with E-state index < -0.39 is 16.8 Å². The summed E-state index contributed by atoms with van der Waals surface area (Å²) in [7, 11) is 0. The molecular weight excluding hydrogens is 422 g/mol. The summed E-state index contributed by atoms with van der Waals surface area (Å²) in [6.45, 7) is 2.11. The Morgan fingerprint density at radius 1 is 1.10 bits per heavy atom. The van der Waals surface area contributed by atoms with Gasteiger partial charge in [0, 0.05) is 19.6 Å². The predicted octanol–water partition coefficient (Wildman–Crippen LogP) is 4.38. The van der Waals surface area contributed by atoms with Gasteiger partial charge in [0.25, 0.3) is 5.91 Å². The van der Waals surface area contributed by atoms with Crippen LogP contribution in [0.2, 0.25) is 5.02 Å². The summed E-state index contributed by atoms with van der Waals surface area (Å²) in [6.07, 6.45) is 4.91. The topological polar surface area (TPSA) is 61.4 Å². The maximum atomic E-state index is 15.2. The van der Waals surface area contributed by atoms with Crippen molar-refractivity contribution in [1.29, 1.82) is 0 Å². The van der Waals surface area contributed by atoms with Crippen LogP contribution in [-0.4, -0.2) is 48.6 Å². The molecule has 0 aromatic heterocycles. The van der Waals surface area contributed by atoms with Crippen LogP contribution in [0, 0.1) is 11.3 Å². The number of amides is 1. The fourth-order valence-electron chi connectivity index (χ4n) is 6.60. The van der Waals surface area contributed by atoms with E-state index in [0.29, 0.717) is 42.8 Å². The summed E-state index contributed by atoms with van der Waals surface area (Å²) in [5, 5.41) is 15.4. The molecule has 1 amide bonds. The number of aliphatic hydroxyl groups excluding tert-OH is 1. The van der Waals surface area contributed by atoms with Crippen LogP contribution >= 0.6 is 11.6 Å². The van der Waals surface area contributed by atoms with Gasteiger partial charge in [0.1, 0.15) is 11.3 Å². The molecule has 172 valence electrons. The van der Waals surface area contributed by atoms with Crippen LogP contribution in [0.1, 0.15) is 67.3 Å². The highest BCUT2D eigenvalue weighted by molar-refractivity contribution is 6.33. The number of hydrogen-bond donors (Lipinski definition) is 3. The van der Waals surface area contributed by atoms with Crippen molar-refractivity contribution in [2.75, 3.05) is 26.2 Å². The molecule has 4 saturated carbocycles. The summed E-state index contributed by atoms with van der Waals surface area (Å²) in [6, 6.07) is 5.48. The van der Waals surface area contributed by atoms with Crippen molar-refractivity contribution >= 4 is 17.5 Å². The lowest BCUT2D eigenvalue weighted by Gasteiger charge is -2.61. The first kappa shape index (κ1) is 22.9. The standard InChI is InChI=1S/C24H33ClF2N2O2/c25-20-5-4-17(3-1-6-28-7-2-8-30)9-19(20)21(31)29-16-22-10-18-11-23(26,13-22)15-24(27,12-18)14-22/h4-5,9,18,28,30H,1-3,6-8,10-16H2,(H,29,31). The Kier molecular flexibility index (Phi) is 6.62. The number of alkyl halides is 2. The van der Waals surface area contributed by atoms with Crippen LogP contribution in [0.5, 0.6) is 0 Å². The molecule has 5 rings (SSSR count). The summed E-state index contributed by atoms with van der Waals surface area (Å²) >= 11 is 6.29. The van der Waals surface area contributed by atoms with Gasteiger partial charge in [-0.3, -0.25) is 4.79 Å². The maximum absolute atomic E-state index is 15.2. The molecule has 7 heteroatoms. The Hall–Kier alpha value is -1.24. The number of halogens is 3. The molecule has 1 aromatic rings. The van der Waals surface area contributed by atoms with E-state index in [2.05, 4.69) is 10.6 Å². The van der Waals surface area contributed by atoms with Crippen LogP contribution in [-0.2, 0) is 6.42 Å². The Morgan fingerprint density at radius 2 is 1.81 bits per heavy atom. The van der Waals surface area contributed by atoms with Crippen molar-refractivity contribution in [3.63, 3.8) is 0 Å². The lowest BCUT2D eigenvalue weighted by atomic mass is 9.47. The molecule has 4 aliphatic rings. The van der Waals surface area contributed by atoms with Gasteiger partial charge in [-0.05, 0) is 93.5 Å². The number of rotatable bonds is 10. The van der Waals surface area contributed by atoms with Gasteiger partial charge in [-0.25, -0.2) is 8.78 Å². The molecule has 31 heavy (non-hydrogen) atoms. The van der Waals surface area contributed by atoms with E-state index in [-0.39, 0.29) is 24.9 Å². The molecule has 4 fully saturated rings. The largest absolute Gasteiger partial charge is 0.396 e. The number of carbonyl (C=O) groups excluding carboxylic acids is 1. The summed E-state index contributed by atoms with van der Waals surface area (Å²) in [4.78, 5) is 12.9. The average Bonchev–Trinajstić information content (AvgIpc) is 2.67. The van der Waals surface area contributed by atoms with E-state index in [4.69, 9.17) is 16.7 Å². The molecule has 4 aliphatic carbocycles. The third-order valence-electron chi connectivity index (χ3n) is 7.28. The first-order chi connectivity index (χ1) is 14.7. The molecule has 2 atom stereocenters. The van der Waals surface area contributed by atoms with Gasteiger partial charge in [0.05, 0.1) is 10.6 Å². The van der Waals surface area contributed by atoms with E-state index in [1.165, 1.54) is 0 Å². The third kappa shape index (κ3) is 5.23. The Labute approximate surface area is 188 Å². The lowest BCUT2D eigenvalue weighted by Crippen LogP contribution is -2.62. The van der Waals surface area contributed by atoms with E-state index in [0.717, 1.165) is 44.3 Å². The van der Waals surface area contributed by atoms with E-state index in [9.17, 15) is 4.79 Å². The van der Waals surface area contributed by atoms with Crippen molar-refractivity contribution in [3.05, 3.63) is 34.3 Å². The minimum absolute atomic E-state index is 0.0227. The number of nitrogens with one attached hydrogen (secondary N) is 2. The summed E-state index contributed by atoms with van der Waals surface area (Å²) < 4.78 is 30.3. The molecule has 3 N–H and O–H groups in total. The smallest absolute Gasteiger partial charge is 0.252 e. The molecule has 4 bridgehead atoms. The van der Waals surface area contributed by atoms with Crippen molar-refractivity contribution in [2.45, 2.75) is 69.1 Å². The van der Waals surface area contributed by atoms with Crippen LogP contribution in [0.4, 0.5) is 8.78 Å². The fourth-order valence-corrected chi connectivity index (χ4v) is 6.81. The average molecular weight is 455 g/mol. The van der Waals surface area contributed by atoms with Crippen molar-refractivity contribution < 1.29 is 18.7 Å². The fraction of sp³-hybridized carbons (Fsp3) is 0.708. The van der Waals surface area contributed by atoms with Crippen molar-refractivity contribution in [1.82, 2.24) is 10.6 Å². The minimum Gasteiger partial charge on any atom is -0.396 e. The zero-order valence-electron chi connectivity index (χ0n) is 18.0. The van der Waals surface area contributed by atoms with Crippen molar-refractivity contribution in [3.8, 4) is 0 Å². The summed E-state index contributed by atoms with van der Waals surface area (Å²) in [5.74, 6) is -0.189. The Bertz CT molecular complexity index is 803. The number of aryl methyl sites for hydroxylation is 1. The quantitative estimate of drug-likeness (QED) is 0.460. The van der Waals surface area contributed by atoms with E-state index >= 15 is 8.78 Å². The molecule has 0 aliphatic heterocycles. The van der Waals surface area contributed by atoms with Gasteiger partial charge >= 0.3 is 0 Å². The SMILES string of the molecule is O=C(NCC12CC3CC(F)(CC(F)(C3)C1)C2)c1cc(CCCNCCCO)ccc1Cl. The van der Waals surface area contributed by atoms with E-state index in [1.54, 1.807) is 6.07 Å². The van der Waals surface area contributed by atoms with Gasteiger partial charge in [-0.15, -0.1) is 0 Å². The zero-order chi connectivity index (χ0) is 22.1. The number of benzene rings is 1. The van der Waals surface area contributed by atoms with Crippen LogP contribution in [0.15, 0.2) is 18.2 Å². The van der Waals surface area contributed by atoms with Crippen molar-refractivity contribution in [2.24, 2.45) is 11.3 Å². The predicted molar refractivity (Wildman–Crippen MR) is 118 cm³/mol. The Balaban J connectivity index is 1.34. The van der Waals surface area contributed by atoms with E-state index in [1.807, 2.05) is 12.1 Å². The zero-order valence-corrected chi connectivity index (χ0v) is 18.7. The van der Waals surface area contributed by atoms with Crippen LogP contribution in [0.25, 0.3) is 0 Å². The highest BCUT2D eigenvalue weighted by atomic mass is 35.5. The number of aliphatic hydroxyl groups is 1. The first-order valence-electron chi connectivity index (χ1n) is 11.5. The monoisotopic (exact) mass is 454 g/mol. The second kappa shape index (κ2) is 8.95. The lowest BCUT2D eigenvalue weighted by molar-refractivity contribution is -0.172. The number of hydrogen-bond acceptors (Lipinski definition) is 3. The number of carbonyl (C=O) groups is 1. The molecule has 1 aromatic carbocycles. The molecule has 0 heterocycles. The van der Waals surface area contributed by atoms with Gasteiger partial charge in [0.2, 0.25) is 0 Å². The van der Waals surface area contributed by atoms with Gasteiger partial charge in [0.15, 0.2) is 0 Å². The molecule has 0 saturated heterocycles. The second-order valence-electron chi connectivity index (χ2n) is 10.2. The highest BCUT2D eigenvalue weighted by Gasteiger charge is 2.64. The van der Waals surface area contributed by atoms with Crippen LogP contribution < -0.4 is 10.6 Å². The Morgan fingerprint density at radius 3 is 2.48 bits per heavy atom. The van der Waals surface area contributed by atoms with Gasteiger partial charge < -0.3 is 15.7 Å². The normalized spacial score (nSPS) is 33.6. The molecular formula is C24H33ClF2N2O2. The molecule has 2 unspecified atom stereocenters. The van der Waals surface area contributed by atoms with Gasteiger partial charge in [-0.1, -0.05) is 17.7 Å². The summed E-state index contributed by atoms with van der Waals surface area (Å²) in [5.41, 5.74) is -1.87. The highest BCUT2D eigenvalue weighted by Crippen LogP contribution is 2.65. The second-order valence-corrected chi connectivity index (χ2v) is 10.6. The molecule has 4 nitrogen and oxygen atoms in total. The first-order valence-corrected chi connectivity index (χ1v) is 11.9. The minimum atomic E-state index is -1.42. The van der Waals surface area contributed by atoms with Crippen LogP contribution in [0.3, 0.4) is 0 Å². The van der Waals surface area contributed by atoms with Gasteiger partial charge in [-0.2, -0.15) is 0 Å². The molecule has 0 radical (unpaired) electrons. The maximum Gasteiger partial charge on any atom is 0.252 e. The molecule has 0 spiro atoms. The third-order valence-corrected chi connectivity index (χ3v) is 7.61.